The molecule has 0 fully saturated rings. The summed E-state index contributed by atoms with van der Waals surface area (Å²) in [7, 11) is 3.37. The molecule has 0 aliphatic carbocycles. The zero-order valence-corrected chi connectivity index (χ0v) is 18.3. The summed E-state index contributed by atoms with van der Waals surface area (Å²) >= 11 is 0. The first-order chi connectivity index (χ1) is 15.9. The number of hydrogen-bond donors (Lipinski definition) is 1. The molecule has 168 valence electrons. The second-order valence-corrected chi connectivity index (χ2v) is 7.44. The predicted octanol–water partition coefficient (Wildman–Crippen LogP) is 2.94. The third-order valence-corrected chi connectivity index (χ3v) is 5.24. The molecule has 0 saturated heterocycles. The number of nitrogens with one attached hydrogen (secondary N) is 1. The molecule has 33 heavy (non-hydrogen) atoms. The van der Waals surface area contributed by atoms with E-state index in [-0.39, 0.29) is 11.4 Å². The van der Waals surface area contributed by atoms with Gasteiger partial charge in [-0.25, -0.2) is 14.1 Å². The van der Waals surface area contributed by atoms with E-state index in [9.17, 15) is 14.0 Å². The van der Waals surface area contributed by atoms with Gasteiger partial charge in [0.2, 0.25) is 5.43 Å². The summed E-state index contributed by atoms with van der Waals surface area (Å²) < 4.78 is 22.6. The van der Waals surface area contributed by atoms with Crippen molar-refractivity contribution in [3.8, 4) is 11.4 Å². The third kappa shape index (κ3) is 4.38. The minimum atomic E-state index is -0.700. The molecule has 0 aliphatic heterocycles. The van der Waals surface area contributed by atoms with Gasteiger partial charge in [0.25, 0.3) is 5.91 Å². The number of nitrogens with zero attached hydrogens (tertiary/aromatic N) is 4. The summed E-state index contributed by atoms with van der Waals surface area (Å²) in [6.07, 6.45) is 3.38. The van der Waals surface area contributed by atoms with Crippen LogP contribution in [-0.4, -0.2) is 32.3 Å². The zero-order valence-electron chi connectivity index (χ0n) is 18.3. The van der Waals surface area contributed by atoms with E-state index in [4.69, 9.17) is 4.74 Å². The fraction of sp³-hybridized carbons (Fsp3) is 0.167. The largest absolute Gasteiger partial charge is 0.497 e. The molecule has 0 saturated carbocycles. The molecule has 4 aromatic rings. The van der Waals surface area contributed by atoms with Gasteiger partial charge in [0.1, 0.15) is 29.1 Å². The summed E-state index contributed by atoms with van der Waals surface area (Å²) in [5.41, 5.74) is 0.361. The Kier molecular flexibility index (Phi) is 6.03. The number of para-hydroxylation sites is 1. The second kappa shape index (κ2) is 9.07. The van der Waals surface area contributed by atoms with E-state index in [1.165, 1.54) is 22.9 Å². The first-order valence-corrected chi connectivity index (χ1v) is 10.2. The number of halogens is 1. The fourth-order valence-corrected chi connectivity index (χ4v) is 3.52. The van der Waals surface area contributed by atoms with Crippen molar-refractivity contribution in [1.82, 2.24) is 24.6 Å². The lowest BCUT2D eigenvalue weighted by molar-refractivity contribution is 0.0933. The highest BCUT2D eigenvalue weighted by Gasteiger charge is 2.24. The molecular formula is C24H22FN5O3. The maximum absolute atomic E-state index is 14.4. The van der Waals surface area contributed by atoms with Crippen LogP contribution >= 0.6 is 0 Å². The highest BCUT2D eigenvalue weighted by molar-refractivity contribution is 5.92. The van der Waals surface area contributed by atoms with Crippen LogP contribution in [0.3, 0.4) is 0 Å². The molecule has 1 amide bonds. The fourth-order valence-electron chi connectivity index (χ4n) is 3.52. The van der Waals surface area contributed by atoms with E-state index in [1.54, 1.807) is 74.4 Å². The summed E-state index contributed by atoms with van der Waals surface area (Å²) in [5, 5.41) is 7.04. The smallest absolute Gasteiger partial charge is 0.276 e. The zero-order chi connectivity index (χ0) is 23.5. The van der Waals surface area contributed by atoms with E-state index in [0.29, 0.717) is 17.3 Å². The van der Waals surface area contributed by atoms with Gasteiger partial charge in [-0.05, 0) is 36.8 Å². The van der Waals surface area contributed by atoms with Gasteiger partial charge in [0, 0.05) is 31.2 Å². The monoisotopic (exact) mass is 447 g/mol. The SMILES string of the molecule is COc1ccc(C(NC(=O)c2nn(-c3ccccc3F)c(C)cc2=O)c2nccn2C)cc1. The van der Waals surface area contributed by atoms with Gasteiger partial charge in [-0.15, -0.1) is 0 Å². The van der Waals surface area contributed by atoms with Gasteiger partial charge in [0.05, 0.1) is 7.11 Å². The van der Waals surface area contributed by atoms with Crippen molar-refractivity contribution in [1.29, 1.82) is 0 Å². The van der Waals surface area contributed by atoms with Gasteiger partial charge in [0.15, 0.2) is 5.69 Å². The first-order valence-electron chi connectivity index (χ1n) is 10.2. The lowest BCUT2D eigenvalue weighted by atomic mass is 10.1. The van der Waals surface area contributed by atoms with E-state index in [1.807, 2.05) is 0 Å². The van der Waals surface area contributed by atoms with Crippen LogP contribution in [0.25, 0.3) is 5.69 Å². The molecule has 2 aromatic heterocycles. The Hall–Kier alpha value is -4.27. The molecule has 0 spiro atoms. The standard InChI is InChI=1S/C24H22FN5O3/c1-15-14-20(31)22(28-30(15)19-7-5-4-6-18(19)25)24(32)27-21(23-26-12-13-29(23)2)16-8-10-17(33-3)11-9-16/h4-14,21H,1-3H3,(H,27,32). The number of aryl methyl sites for hydroxylation is 2. The Labute approximate surface area is 189 Å². The van der Waals surface area contributed by atoms with Crippen LogP contribution in [0.1, 0.15) is 33.6 Å². The summed E-state index contributed by atoms with van der Waals surface area (Å²) in [4.78, 5) is 30.2. The third-order valence-electron chi connectivity index (χ3n) is 5.24. The molecule has 9 heteroatoms. The van der Waals surface area contributed by atoms with E-state index >= 15 is 0 Å². The number of ether oxygens (including phenoxy) is 1. The molecule has 0 radical (unpaired) electrons. The Morgan fingerprint density at radius 2 is 1.88 bits per heavy atom. The first kappa shape index (κ1) is 21.9. The summed E-state index contributed by atoms with van der Waals surface area (Å²) in [6.45, 7) is 1.62. The number of aromatic nitrogens is 4. The normalized spacial score (nSPS) is 11.8. The lowest BCUT2D eigenvalue weighted by Gasteiger charge is -2.19. The van der Waals surface area contributed by atoms with Crippen LogP contribution in [0.15, 0.2) is 71.8 Å². The lowest BCUT2D eigenvalue weighted by Crippen LogP contribution is -2.36. The number of hydrogen-bond acceptors (Lipinski definition) is 5. The van der Waals surface area contributed by atoms with Crippen LogP contribution in [-0.2, 0) is 7.05 Å². The Bertz CT molecular complexity index is 1360. The highest BCUT2D eigenvalue weighted by atomic mass is 19.1. The number of carbonyl (C=O) groups excluding carboxylic acids is 1. The number of methoxy groups -OCH3 is 1. The van der Waals surface area contributed by atoms with Crippen LogP contribution < -0.4 is 15.5 Å². The van der Waals surface area contributed by atoms with E-state index in [2.05, 4.69) is 15.4 Å². The van der Waals surface area contributed by atoms with Crippen molar-refractivity contribution in [2.75, 3.05) is 7.11 Å². The van der Waals surface area contributed by atoms with E-state index in [0.717, 1.165) is 5.56 Å². The minimum Gasteiger partial charge on any atom is -0.497 e. The van der Waals surface area contributed by atoms with Crippen LogP contribution in [0.2, 0.25) is 0 Å². The molecule has 2 aromatic carbocycles. The van der Waals surface area contributed by atoms with Gasteiger partial charge < -0.3 is 14.6 Å². The van der Waals surface area contributed by atoms with Crippen LogP contribution in [0.5, 0.6) is 5.75 Å². The molecule has 1 atom stereocenters. The molecular weight excluding hydrogens is 425 g/mol. The molecule has 0 aliphatic rings. The van der Waals surface area contributed by atoms with Gasteiger partial charge in [-0.1, -0.05) is 24.3 Å². The molecule has 8 nitrogen and oxygen atoms in total. The number of imidazole rings is 1. The number of rotatable bonds is 6. The van der Waals surface area contributed by atoms with Gasteiger partial charge in [-0.3, -0.25) is 9.59 Å². The highest BCUT2D eigenvalue weighted by Crippen LogP contribution is 2.23. The number of benzene rings is 2. The van der Waals surface area contributed by atoms with Crippen molar-refractivity contribution in [2.45, 2.75) is 13.0 Å². The quantitative estimate of drug-likeness (QED) is 0.491. The Morgan fingerprint density at radius 1 is 1.15 bits per heavy atom. The maximum Gasteiger partial charge on any atom is 0.276 e. The van der Waals surface area contributed by atoms with Crippen molar-refractivity contribution in [2.24, 2.45) is 7.05 Å². The minimum absolute atomic E-state index is 0.139. The molecule has 1 unspecified atom stereocenters. The molecule has 0 bridgehead atoms. The summed E-state index contributed by atoms with van der Waals surface area (Å²) in [6, 6.07) is 13.8. The van der Waals surface area contributed by atoms with Crippen molar-refractivity contribution < 1.29 is 13.9 Å². The maximum atomic E-state index is 14.4. The predicted molar refractivity (Wildman–Crippen MR) is 120 cm³/mol. The van der Waals surface area contributed by atoms with Crippen molar-refractivity contribution in [3.05, 3.63) is 106 Å². The average molecular weight is 447 g/mol. The molecule has 2 heterocycles. The summed E-state index contributed by atoms with van der Waals surface area (Å²) in [5.74, 6) is 0.00725. The van der Waals surface area contributed by atoms with Crippen molar-refractivity contribution in [3.63, 3.8) is 0 Å². The number of carbonyl (C=O) groups is 1. The van der Waals surface area contributed by atoms with Gasteiger partial charge >= 0.3 is 0 Å². The molecule has 4 rings (SSSR count). The van der Waals surface area contributed by atoms with Crippen molar-refractivity contribution >= 4 is 5.91 Å². The van der Waals surface area contributed by atoms with E-state index < -0.39 is 23.2 Å². The average Bonchev–Trinajstić information content (AvgIpc) is 3.23. The van der Waals surface area contributed by atoms with Crippen LogP contribution in [0, 0.1) is 12.7 Å². The Balaban J connectivity index is 1.74. The number of amides is 1. The Morgan fingerprint density at radius 3 is 2.52 bits per heavy atom. The molecule has 1 N–H and O–H groups in total. The van der Waals surface area contributed by atoms with Gasteiger partial charge in [-0.2, -0.15) is 5.10 Å². The second-order valence-electron chi connectivity index (χ2n) is 7.44. The topological polar surface area (TPSA) is 91.0 Å². The van der Waals surface area contributed by atoms with Crippen LogP contribution in [0.4, 0.5) is 4.39 Å².